The molecule has 1 unspecified atom stereocenters. The van der Waals surface area contributed by atoms with Crippen molar-refractivity contribution in [3.05, 3.63) is 17.7 Å². The molecule has 0 saturated carbocycles. The lowest BCUT2D eigenvalue weighted by Gasteiger charge is -2.33. The number of hydrogen-bond donors (Lipinski definition) is 0. The van der Waals surface area contributed by atoms with Crippen molar-refractivity contribution in [3.8, 4) is 17.2 Å². The third kappa shape index (κ3) is 3.05. The first kappa shape index (κ1) is 15.4. The van der Waals surface area contributed by atoms with Gasteiger partial charge < -0.3 is 23.8 Å². The van der Waals surface area contributed by atoms with Gasteiger partial charge in [-0.3, -0.25) is 4.79 Å². The Kier molecular flexibility index (Phi) is 4.90. The van der Waals surface area contributed by atoms with Crippen LogP contribution in [0.1, 0.15) is 17.3 Å². The van der Waals surface area contributed by atoms with Crippen molar-refractivity contribution in [3.63, 3.8) is 0 Å². The Balaban J connectivity index is 2.36. The van der Waals surface area contributed by atoms with Gasteiger partial charge in [0.05, 0.1) is 40.6 Å². The lowest BCUT2D eigenvalue weighted by molar-refractivity contribution is 0.00356. The van der Waals surface area contributed by atoms with Crippen LogP contribution in [0, 0.1) is 0 Å². The molecule has 6 heteroatoms. The molecule has 0 aromatic heterocycles. The zero-order valence-electron chi connectivity index (χ0n) is 12.8. The number of amides is 1. The maximum Gasteiger partial charge on any atom is 0.254 e. The molecule has 2 rings (SSSR count). The molecular weight excluding hydrogens is 274 g/mol. The molecule has 21 heavy (non-hydrogen) atoms. The zero-order valence-corrected chi connectivity index (χ0v) is 12.8. The standard InChI is InChI=1S/C15H21NO5/c1-10-9-21-6-5-16(10)15(17)11-7-12(18-2)14(20-4)13(8-11)19-3/h7-8,10H,5-6,9H2,1-4H3. The van der Waals surface area contributed by atoms with Crippen LogP contribution in [0.15, 0.2) is 12.1 Å². The van der Waals surface area contributed by atoms with Crippen LogP contribution in [0.25, 0.3) is 0 Å². The number of nitrogens with zero attached hydrogens (tertiary/aromatic N) is 1. The van der Waals surface area contributed by atoms with Crippen molar-refractivity contribution < 1.29 is 23.7 Å². The van der Waals surface area contributed by atoms with E-state index in [1.165, 1.54) is 21.3 Å². The minimum absolute atomic E-state index is 0.0466. The lowest BCUT2D eigenvalue weighted by atomic mass is 10.1. The van der Waals surface area contributed by atoms with Crippen LogP contribution in [0.2, 0.25) is 0 Å². The molecule has 1 aliphatic rings. The number of carbonyl (C=O) groups is 1. The van der Waals surface area contributed by atoms with Gasteiger partial charge in [0.25, 0.3) is 5.91 Å². The van der Waals surface area contributed by atoms with Gasteiger partial charge in [-0.05, 0) is 19.1 Å². The number of benzene rings is 1. The first-order valence-corrected chi connectivity index (χ1v) is 6.81. The van der Waals surface area contributed by atoms with Crippen molar-refractivity contribution >= 4 is 5.91 Å². The Morgan fingerprint density at radius 2 is 1.81 bits per heavy atom. The second-order valence-corrected chi connectivity index (χ2v) is 4.84. The monoisotopic (exact) mass is 295 g/mol. The fourth-order valence-electron chi connectivity index (χ4n) is 2.40. The number of hydrogen-bond acceptors (Lipinski definition) is 5. The van der Waals surface area contributed by atoms with Crippen molar-refractivity contribution in [2.45, 2.75) is 13.0 Å². The van der Waals surface area contributed by atoms with Crippen LogP contribution < -0.4 is 14.2 Å². The van der Waals surface area contributed by atoms with Gasteiger partial charge >= 0.3 is 0 Å². The summed E-state index contributed by atoms with van der Waals surface area (Å²) in [5, 5.41) is 0. The summed E-state index contributed by atoms with van der Waals surface area (Å²) in [5.41, 5.74) is 0.512. The Hall–Kier alpha value is -1.95. The smallest absolute Gasteiger partial charge is 0.254 e. The molecule has 0 radical (unpaired) electrons. The maximum absolute atomic E-state index is 12.7. The molecule has 1 saturated heterocycles. The number of methoxy groups -OCH3 is 3. The topological polar surface area (TPSA) is 57.2 Å². The maximum atomic E-state index is 12.7. The summed E-state index contributed by atoms with van der Waals surface area (Å²) in [4.78, 5) is 14.5. The van der Waals surface area contributed by atoms with Gasteiger partial charge in [0.15, 0.2) is 11.5 Å². The minimum atomic E-state index is -0.0648. The van der Waals surface area contributed by atoms with Gasteiger partial charge in [-0.1, -0.05) is 0 Å². The Morgan fingerprint density at radius 1 is 1.19 bits per heavy atom. The summed E-state index contributed by atoms with van der Waals surface area (Å²) in [5.74, 6) is 1.36. The molecule has 1 aliphatic heterocycles. The second kappa shape index (κ2) is 6.67. The van der Waals surface area contributed by atoms with E-state index in [1.54, 1.807) is 17.0 Å². The van der Waals surface area contributed by atoms with Gasteiger partial charge in [-0.25, -0.2) is 0 Å². The lowest BCUT2D eigenvalue weighted by Crippen LogP contribution is -2.47. The highest BCUT2D eigenvalue weighted by Gasteiger charge is 2.26. The van der Waals surface area contributed by atoms with Crippen LogP contribution in [0.3, 0.4) is 0 Å². The number of rotatable bonds is 4. The van der Waals surface area contributed by atoms with Crippen LogP contribution >= 0.6 is 0 Å². The summed E-state index contributed by atoms with van der Waals surface area (Å²) in [6.45, 7) is 3.66. The Labute approximate surface area is 124 Å². The minimum Gasteiger partial charge on any atom is -0.493 e. The van der Waals surface area contributed by atoms with Gasteiger partial charge in [-0.2, -0.15) is 0 Å². The van der Waals surface area contributed by atoms with Crippen LogP contribution in [0.5, 0.6) is 17.2 Å². The molecule has 1 atom stereocenters. The Morgan fingerprint density at radius 3 is 2.29 bits per heavy atom. The van der Waals surface area contributed by atoms with E-state index in [1.807, 2.05) is 6.92 Å². The molecular formula is C15H21NO5. The predicted molar refractivity (Wildman–Crippen MR) is 77.4 cm³/mol. The van der Waals surface area contributed by atoms with Crippen molar-refractivity contribution in [2.75, 3.05) is 41.1 Å². The third-order valence-electron chi connectivity index (χ3n) is 3.54. The second-order valence-electron chi connectivity index (χ2n) is 4.84. The molecule has 1 aromatic rings. The van der Waals surface area contributed by atoms with E-state index in [-0.39, 0.29) is 11.9 Å². The highest BCUT2D eigenvalue weighted by Crippen LogP contribution is 2.38. The molecule has 0 bridgehead atoms. The van der Waals surface area contributed by atoms with Gasteiger partial charge in [0.2, 0.25) is 5.75 Å². The molecule has 1 aromatic carbocycles. The van der Waals surface area contributed by atoms with E-state index in [0.717, 1.165) is 0 Å². The zero-order chi connectivity index (χ0) is 15.4. The summed E-state index contributed by atoms with van der Waals surface area (Å²) in [6, 6.07) is 3.39. The highest BCUT2D eigenvalue weighted by atomic mass is 16.5. The first-order chi connectivity index (χ1) is 10.1. The number of ether oxygens (including phenoxy) is 4. The molecule has 116 valence electrons. The predicted octanol–water partition coefficient (Wildman–Crippen LogP) is 1.57. The van der Waals surface area contributed by atoms with Gasteiger partial charge in [-0.15, -0.1) is 0 Å². The molecule has 1 heterocycles. The van der Waals surface area contributed by atoms with E-state index in [4.69, 9.17) is 18.9 Å². The van der Waals surface area contributed by atoms with E-state index < -0.39 is 0 Å². The third-order valence-corrected chi connectivity index (χ3v) is 3.54. The van der Waals surface area contributed by atoms with E-state index in [2.05, 4.69) is 0 Å². The summed E-state index contributed by atoms with van der Waals surface area (Å²) < 4.78 is 21.2. The van der Waals surface area contributed by atoms with Crippen LogP contribution in [0.4, 0.5) is 0 Å². The SMILES string of the molecule is COc1cc(C(=O)N2CCOCC2C)cc(OC)c1OC. The van der Waals surface area contributed by atoms with Crippen LogP contribution in [-0.2, 0) is 4.74 Å². The van der Waals surface area contributed by atoms with Crippen molar-refractivity contribution in [1.82, 2.24) is 4.90 Å². The largest absolute Gasteiger partial charge is 0.493 e. The Bertz CT molecular complexity index is 492. The first-order valence-electron chi connectivity index (χ1n) is 6.81. The van der Waals surface area contributed by atoms with E-state index >= 15 is 0 Å². The van der Waals surface area contributed by atoms with Gasteiger partial charge in [0, 0.05) is 12.1 Å². The highest BCUT2D eigenvalue weighted by molar-refractivity contribution is 5.96. The average Bonchev–Trinajstić information content (AvgIpc) is 2.53. The normalized spacial score (nSPS) is 18.3. The molecule has 6 nitrogen and oxygen atoms in total. The average molecular weight is 295 g/mol. The molecule has 0 N–H and O–H groups in total. The van der Waals surface area contributed by atoms with E-state index in [0.29, 0.717) is 42.6 Å². The summed E-state index contributed by atoms with van der Waals surface area (Å²) >= 11 is 0. The number of morpholine rings is 1. The van der Waals surface area contributed by atoms with Gasteiger partial charge in [0.1, 0.15) is 0 Å². The molecule has 1 amide bonds. The molecule has 0 spiro atoms. The quantitative estimate of drug-likeness (QED) is 0.844. The van der Waals surface area contributed by atoms with E-state index in [9.17, 15) is 4.79 Å². The number of carbonyl (C=O) groups excluding carboxylic acids is 1. The fourth-order valence-corrected chi connectivity index (χ4v) is 2.40. The fraction of sp³-hybridized carbons (Fsp3) is 0.533. The molecule has 1 fully saturated rings. The van der Waals surface area contributed by atoms with Crippen molar-refractivity contribution in [2.24, 2.45) is 0 Å². The summed E-state index contributed by atoms with van der Waals surface area (Å²) in [6.07, 6.45) is 0. The van der Waals surface area contributed by atoms with Crippen LogP contribution in [-0.4, -0.2) is 57.9 Å². The van der Waals surface area contributed by atoms with Crippen molar-refractivity contribution in [1.29, 1.82) is 0 Å². The molecule has 0 aliphatic carbocycles. The summed E-state index contributed by atoms with van der Waals surface area (Å²) in [7, 11) is 4.59.